The molecule has 0 radical (unpaired) electrons. The van der Waals surface area contributed by atoms with Crippen LogP contribution in [0, 0.1) is 0 Å². The standard InChI is InChI=1S/C11H18Cl2N4O/c1-7(2)17(8(3)4)5-6-18-11-15-9(12)14-10(13)16-11/h7-8H,5-6H2,1-4H3. The van der Waals surface area contributed by atoms with Gasteiger partial charge in [0.1, 0.15) is 6.61 Å². The van der Waals surface area contributed by atoms with Gasteiger partial charge >= 0.3 is 6.01 Å². The number of ether oxygens (including phenoxy) is 1. The van der Waals surface area contributed by atoms with Crippen molar-refractivity contribution in [3.8, 4) is 6.01 Å². The summed E-state index contributed by atoms with van der Waals surface area (Å²) in [5.74, 6) is 0. The van der Waals surface area contributed by atoms with Crippen molar-refractivity contribution in [3.63, 3.8) is 0 Å². The van der Waals surface area contributed by atoms with Gasteiger partial charge in [-0.1, -0.05) is 0 Å². The second kappa shape index (κ2) is 7.07. The van der Waals surface area contributed by atoms with Crippen LogP contribution in [-0.4, -0.2) is 45.1 Å². The zero-order valence-corrected chi connectivity index (χ0v) is 12.5. The quantitative estimate of drug-likeness (QED) is 0.807. The van der Waals surface area contributed by atoms with Gasteiger partial charge in [-0.15, -0.1) is 0 Å². The van der Waals surface area contributed by atoms with Crippen LogP contribution < -0.4 is 4.74 Å². The van der Waals surface area contributed by atoms with Gasteiger partial charge in [-0.3, -0.25) is 4.90 Å². The molecule has 0 saturated carbocycles. The SMILES string of the molecule is CC(C)N(CCOc1nc(Cl)nc(Cl)n1)C(C)C. The predicted molar refractivity (Wildman–Crippen MR) is 72.3 cm³/mol. The van der Waals surface area contributed by atoms with Crippen molar-refractivity contribution in [2.24, 2.45) is 0 Å². The number of aromatic nitrogens is 3. The van der Waals surface area contributed by atoms with Crippen LogP contribution in [-0.2, 0) is 0 Å². The van der Waals surface area contributed by atoms with Crippen LogP contribution in [0.1, 0.15) is 27.7 Å². The molecule has 1 heterocycles. The first-order chi connectivity index (χ1) is 8.40. The molecule has 0 aliphatic rings. The molecule has 102 valence electrons. The van der Waals surface area contributed by atoms with Crippen LogP contribution in [0.5, 0.6) is 6.01 Å². The van der Waals surface area contributed by atoms with E-state index in [1.54, 1.807) is 0 Å². The molecule has 0 atom stereocenters. The third-order valence-electron chi connectivity index (χ3n) is 2.47. The Labute approximate surface area is 117 Å². The van der Waals surface area contributed by atoms with Gasteiger partial charge in [0, 0.05) is 18.6 Å². The summed E-state index contributed by atoms with van der Waals surface area (Å²) in [7, 11) is 0. The Morgan fingerprint density at radius 3 is 1.94 bits per heavy atom. The van der Waals surface area contributed by atoms with Crippen LogP contribution in [0.25, 0.3) is 0 Å². The molecule has 1 aromatic rings. The summed E-state index contributed by atoms with van der Waals surface area (Å²) in [6, 6.07) is 1.07. The maximum Gasteiger partial charge on any atom is 0.322 e. The summed E-state index contributed by atoms with van der Waals surface area (Å²) in [5, 5.41) is 0.0733. The fraction of sp³-hybridized carbons (Fsp3) is 0.727. The maximum absolute atomic E-state index is 5.66. The van der Waals surface area contributed by atoms with Crippen LogP contribution in [0.3, 0.4) is 0 Å². The number of nitrogens with zero attached hydrogens (tertiary/aromatic N) is 4. The Balaban J connectivity index is 2.50. The number of halogens is 2. The zero-order valence-electron chi connectivity index (χ0n) is 11.0. The molecule has 0 N–H and O–H groups in total. The Kier molecular flexibility index (Phi) is 6.05. The van der Waals surface area contributed by atoms with Gasteiger partial charge in [0.15, 0.2) is 0 Å². The van der Waals surface area contributed by atoms with Gasteiger partial charge in [-0.2, -0.15) is 15.0 Å². The largest absolute Gasteiger partial charge is 0.462 e. The highest BCUT2D eigenvalue weighted by molar-refractivity contribution is 6.31. The minimum absolute atomic E-state index is 0.0366. The average Bonchev–Trinajstić information content (AvgIpc) is 2.21. The number of hydrogen-bond donors (Lipinski definition) is 0. The van der Waals surface area contributed by atoms with E-state index in [-0.39, 0.29) is 16.6 Å². The summed E-state index contributed by atoms with van der Waals surface area (Å²) in [4.78, 5) is 13.6. The highest BCUT2D eigenvalue weighted by Crippen LogP contribution is 2.11. The lowest BCUT2D eigenvalue weighted by atomic mass is 10.2. The molecule has 0 amide bonds. The van der Waals surface area contributed by atoms with Gasteiger partial charge in [-0.25, -0.2) is 0 Å². The van der Waals surface area contributed by atoms with Gasteiger partial charge in [0.05, 0.1) is 0 Å². The van der Waals surface area contributed by atoms with E-state index in [2.05, 4.69) is 47.5 Å². The summed E-state index contributed by atoms with van der Waals surface area (Å²) in [6.45, 7) is 9.87. The molecule has 1 aromatic heterocycles. The van der Waals surface area contributed by atoms with Gasteiger partial charge < -0.3 is 4.74 Å². The minimum atomic E-state index is 0.0366. The van der Waals surface area contributed by atoms with Crippen molar-refractivity contribution in [1.29, 1.82) is 0 Å². The topological polar surface area (TPSA) is 51.1 Å². The van der Waals surface area contributed by atoms with Crippen molar-refractivity contribution >= 4 is 23.2 Å². The first kappa shape index (κ1) is 15.4. The van der Waals surface area contributed by atoms with E-state index in [0.29, 0.717) is 18.7 Å². The van der Waals surface area contributed by atoms with Crippen molar-refractivity contribution < 1.29 is 4.74 Å². The Morgan fingerprint density at radius 1 is 1.00 bits per heavy atom. The zero-order chi connectivity index (χ0) is 13.7. The lowest BCUT2D eigenvalue weighted by molar-refractivity contribution is 0.138. The summed E-state index contributed by atoms with van der Waals surface area (Å²) < 4.78 is 5.43. The van der Waals surface area contributed by atoms with Crippen molar-refractivity contribution in [1.82, 2.24) is 19.9 Å². The molecule has 0 unspecified atom stereocenters. The summed E-state index contributed by atoms with van der Waals surface area (Å²) in [5.41, 5.74) is 0. The average molecular weight is 293 g/mol. The van der Waals surface area contributed by atoms with E-state index in [0.717, 1.165) is 6.54 Å². The molecule has 0 aliphatic carbocycles. The summed E-state index contributed by atoms with van der Waals surface area (Å²) >= 11 is 11.3. The first-order valence-corrected chi connectivity index (χ1v) is 6.61. The predicted octanol–water partition coefficient (Wildman–Crippen LogP) is 2.68. The van der Waals surface area contributed by atoms with E-state index in [1.807, 2.05) is 0 Å². The fourth-order valence-corrected chi connectivity index (χ4v) is 2.08. The molecule has 5 nitrogen and oxygen atoms in total. The van der Waals surface area contributed by atoms with Gasteiger partial charge in [0.2, 0.25) is 10.6 Å². The molecular weight excluding hydrogens is 275 g/mol. The van der Waals surface area contributed by atoms with Crippen molar-refractivity contribution in [3.05, 3.63) is 10.6 Å². The maximum atomic E-state index is 5.66. The van der Waals surface area contributed by atoms with Crippen molar-refractivity contribution in [2.45, 2.75) is 39.8 Å². The van der Waals surface area contributed by atoms with Gasteiger partial charge in [-0.05, 0) is 50.9 Å². The smallest absolute Gasteiger partial charge is 0.322 e. The van der Waals surface area contributed by atoms with Crippen LogP contribution >= 0.6 is 23.2 Å². The van der Waals surface area contributed by atoms with Crippen molar-refractivity contribution in [2.75, 3.05) is 13.2 Å². The second-order valence-electron chi connectivity index (χ2n) is 4.43. The van der Waals surface area contributed by atoms with Crippen LogP contribution in [0.15, 0.2) is 0 Å². The first-order valence-electron chi connectivity index (χ1n) is 5.85. The Bertz CT molecular complexity index is 359. The Hall–Kier alpha value is -0.650. The number of rotatable bonds is 6. The van der Waals surface area contributed by atoms with E-state index in [9.17, 15) is 0 Å². The van der Waals surface area contributed by atoms with E-state index < -0.39 is 0 Å². The normalized spacial score (nSPS) is 11.6. The van der Waals surface area contributed by atoms with E-state index in [4.69, 9.17) is 27.9 Å². The molecule has 0 saturated heterocycles. The Morgan fingerprint density at radius 2 is 1.50 bits per heavy atom. The minimum Gasteiger partial charge on any atom is -0.462 e. The third kappa shape index (κ3) is 4.92. The monoisotopic (exact) mass is 292 g/mol. The molecule has 1 rings (SSSR count). The second-order valence-corrected chi connectivity index (χ2v) is 5.11. The number of hydrogen-bond acceptors (Lipinski definition) is 5. The molecule has 0 fully saturated rings. The summed E-state index contributed by atoms with van der Waals surface area (Å²) in [6.07, 6.45) is 0. The van der Waals surface area contributed by atoms with E-state index in [1.165, 1.54) is 0 Å². The highest BCUT2D eigenvalue weighted by Gasteiger charge is 2.13. The molecule has 7 heteroatoms. The third-order valence-corrected chi connectivity index (χ3v) is 2.81. The van der Waals surface area contributed by atoms with Crippen LogP contribution in [0.4, 0.5) is 0 Å². The lowest BCUT2D eigenvalue weighted by Crippen LogP contribution is -2.39. The van der Waals surface area contributed by atoms with E-state index >= 15 is 0 Å². The highest BCUT2D eigenvalue weighted by atomic mass is 35.5. The van der Waals surface area contributed by atoms with Gasteiger partial charge in [0.25, 0.3) is 0 Å². The fourth-order valence-electron chi connectivity index (χ4n) is 1.73. The molecule has 0 aromatic carbocycles. The lowest BCUT2D eigenvalue weighted by Gasteiger charge is -2.30. The molecular formula is C11H18Cl2N4O. The molecule has 18 heavy (non-hydrogen) atoms. The molecule has 0 aliphatic heterocycles. The van der Waals surface area contributed by atoms with Crippen LogP contribution in [0.2, 0.25) is 10.6 Å². The molecule has 0 bridgehead atoms. The molecule has 0 spiro atoms.